The monoisotopic (exact) mass is 330 g/mol. The van der Waals surface area contributed by atoms with E-state index < -0.39 is 21.9 Å². The first kappa shape index (κ1) is 15.9. The first-order chi connectivity index (χ1) is 9.81. The summed E-state index contributed by atoms with van der Waals surface area (Å²) in [4.78, 5) is -0.263. The van der Waals surface area contributed by atoms with Crippen molar-refractivity contribution in [2.24, 2.45) is 0 Å². The lowest BCUT2D eigenvalue weighted by atomic mass is 10.2. The van der Waals surface area contributed by atoms with Gasteiger partial charge in [-0.15, -0.1) is 0 Å². The van der Waals surface area contributed by atoms with Crippen LogP contribution in [0.15, 0.2) is 33.9 Å². The third-order valence-corrected chi connectivity index (χ3v) is 5.17. The minimum atomic E-state index is -3.93. The first-order valence-electron chi connectivity index (χ1n) is 6.06. The smallest absolute Gasteiger partial charge is 0.240 e. The molecule has 0 amide bonds. The van der Waals surface area contributed by atoms with Crippen molar-refractivity contribution in [1.82, 2.24) is 4.72 Å². The largest absolute Gasteiger partial charge is 0.398 e. The molecule has 1 aromatic carbocycles. The SMILES string of the molecule is Cc1c(N)cc(S(=O)(=O)NCC(O)c2ccsc2)cc1F. The van der Waals surface area contributed by atoms with E-state index in [1.54, 1.807) is 16.8 Å². The zero-order chi connectivity index (χ0) is 15.6. The number of anilines is 1. The topological polar surface area (TPSA) is 92.4 Å². The van der Waals surface area contributed by atoms with Crippen LogP contribution in [0.1, 0.15) is 17.2 Å². The third kappa shape index (κ3) is 3.59. The molecule has 21 heavy (non-hydrogen) atoms. The van der Waals surface area contributed by atoms with E-state index in [-0.39, 0.29) is 22.7 Å². The Balaban J connectivity index is 2.15. The Morgan fingerprint density at radius 2 is 2.19 bits per heavy atom. The van der Waals surface area contributed by atoms with E-state index in [9.17, 15) is 17.9 Å². The van der Waals surface area contributed by atoms with Crippen molar-refractivity contribution in [3.63, 3.8) is 0 Å². The van der Waals surface area contributed by atoms with E-state index in [1.807, 2.05) is 0 Å². The zero-order valence-corrected chi connectivity index (χ0v) is 12.8. The van der Waals surface area contributed by atoms with E-state index in [2.05, 4.69) is 4.72 Å². The highest BCUT2D eigenvalue weighted by Crippen LogP contribution is 2.21. The lowest BCUT2D eigenvalue weighted by Gasteiger charge is -2.12. The Kier molecular flexibility index (Phi) is 4.62. The lowest BCUT2D eigenvalue weighted by molar-refractivity contribution is 0.182. The molecule has 1 aromatic heterocycles. The van der Waals surface area contributed by atoms with E-state index in [1.165, 1.54) is 24.3 Å². The molecule has 0 aliphatic heterocycles. The van der Waals surface area contributed by atoms with Crippen LogP contribution in [0, 0.1) is 12.7 Å². The molecule has 0 saturated heterocycles. The van der Waals surface area contributed by atoms with Gasteiger partial charge in [-0.2, -0.15) is 11.3 Å². The summed E-state index contributed by atoms with van der Waals surface area (Å²) in [6.07, 6.45) is -0.960. The molecule has 0 saturated carbocycles. The van der Waals surface area contributed by atoms with Gasteiger partial charge >= 0.3 is 0 Å². The zero-order valence-electron chi connectivity index (χ0n) is 11.2. The predicted octanol–water partition coefficient (Wildman–Crippen LogP) is 1.79. The number of aliphatic hydroxyl groups is 1. The molecule has 0 bridgehead atoms. The normalized spacial score (nSPS) is 13.3. The molecule has 0 spiro atoms. The first-order valence-corrected chi connectivity index (χ1v) is 8.49. The van der Waals surface area contributed by atoms with Crippen molar-refractivity contribution in [3.8, 4) is 0 Å². The van der Waals surface area contributed by atoms with Crippen LogP contribution in [0.5, 0.6) is 0 Å². The van der Waals surface area contributed by atoms with Gasteiger partial charge in [-0.25, -0.2) is 17.5 Å². The number of hydrogen-bond acceptors (Lipinski definition) is 5. The molecule has 4 N–H and O–H groups in total. The summed E-state index contributed by atoms with van der Waals surface area (Å²) in [5.74, 6) is -0.686. The third-order valence-electron chi connectivity index (χ3n) is 3.06. The highest BCUT2D eigenvalue weighted by atomic mass is 32.2. The summed E-state index contributed by atoms with van der Waals surface area (Å²) in [6.45, 7) is 1.27. The summed E-state index contributed by atoms with van der Waals surface area (Å²) in [7, 11) is -3.93. The standard InChI is InChI=1S/C13H15FN2O3S2/c1-8-11(14)4-10(5-12(8)15)21(18,19)16-6-13(17)9-2-3-20-7-9/h2-5,7,13,16-17H,6,15H2,1H3. The number of nitrogens with one attached hydrogen (secondary N) is 1. The molecule has 0 radical (unpaired) electrons. The van der Waals surface area contributed by atoms with E-state index in [0.717, 1.165) is 6.07 Å². The van der Waals surface area contributed by atoms with E-state index in [0.29, 0.717) is 5.56 Å². The highest BCUT2D eigenvalue weighted by molar-refractivity contribution is 7.89. The highest BCUT2D eigenvalue weighted by Gasteiger charge is 2.19. The number of benzene rings is 1. The Hall–Kier alpha value is -1.48. The van der Waals surface area contributed by atoms with Crippen molar-refractivity contribution in [2.45, 2.75) is 17.9 Å². The van der Waals surface area contributed by atoms with Crippen LogP contribution in [0.2, 0.25) is 0 Å². The number of thiophene rings is 1. The Morgan fingerprint density at radius 3 is 2.76 bits per heavy atom. The number of sulfonamides is 1. The fourth-order valence-electron chi connectivity index (χ4n) is 1.68. The van der Waals surface area contributed by atoms with Gasteiger partial charge in [0, 0.05) is 17.8 Å². The molecule has 0 aliphatic carbocycles. The molecule has 2 aromatic rings. The second-order valence-corrected chi connectivity index (χ2v) is 7.09. The summed E-state index contributed by atoms with van der Waals surface area (Å²) >= 11 is 1.40. The van der Waals surface area contributed by atoms with Gasteiger partial charge < -0.3 is 10.8 Å². The lowest BCUT2D eigenvalue weighted by Crippen LogP contribution is -2.28. The van der Waals surface area contributed by atoms with Gasteiger partial charge in [0.25, 0.3) is 0 Å². The van der Waals surface area contributed by atoms with Gasteiger partial charge in [0.1, 0.15) is 5.82 Å². The quantitative estimate of drug-likeness (QED) is 0.729. The van der Waals surface area contributed by atoms with Crippen LogP contribution in [-0.4, -0.2) is 20.1 Å². The molecule has 0 fully saturated rings. The molecule has 8 heteroatoms. The second kappa shape index (κ2) is 6.10. The maximum atomic E-state index is 13.6. The van der Waals surface area contributed by atoms with Crippen molar-refractivity contribution in [2.75, 3.05) is 12.3 Å². The van der Waals surface area contributed by atoms with Gasteiger partial charge in [-0.1, -0.05) is 0 Å². The Bertz CT molecular complexity index is 707. The molecule has 1 atom stereocenters. The number of rotatable bonds is 5. The molecule has 1 heterocycles. The summed E-state index contributed by atoms with van der Waals surface area (Å²) in [5.41, 5.74) is 6.46. The van der Waals surface area contributed by atoms with Crippen LogP contribution in [0.4, 0.5) is 10.1 Å². The van der Waals surface area contributed by atoms with E-state index in [4.69, 9.17) is 5.73 Å². The summed E-state index contributed by atoms with van der Waals surface area (Å²) < 4.78 is 40.0. The van der Waals surface area contributed by atoms with Crippen molar-refractivity contribution < 1.29 is 17.9 Å². The van der Waals surface area contributed by atoms with Crippen molar-refractivity contribution in [1.29, 1.82) is 0 Å². The number of hydrogen-bond donors (Lipinski definition) is 3. The minimum Gasteiger partial charge on any atom is -0.398 e. The van der Waals surface area contributed by atoms with Crippen LogP contribution < -0.4 is 10.5 Å². The van der Waals surface area contributed by atoms with Crippen molar-refractivity contribution in [3.05, 3.63) is 45.9 Å². The average Bonchev–Trinajstić information content (AvgIpc) is 2.95. The fraction of sp³-hybridized carbons (Fsp3) is 0.231. The summed E-state index contributed by atoms with van der Waals surface area (Å²) in [6, 6.07) is 3.80. The molecule has 2 rings (SSSR count). The fourth-order valence-corrected chi connectivity index (χ4v) is 3.48. The van der Waals surface area contributed by atoms with Crippen LogP contribution in [0.3, 0.4) is 0 Å². The Labute approximate surface area is 126 Å². The van der Waals surface area contributed by atoms with Crippen LogP contribution in [0.25, 0.3) is 0 Å². The maximum absolute atomic E-state index is 13.6. The molecule has 114 valence electrons. The number of nitrogens with two attached hydrogens (primary N) is 1. The predicted molar refractivity (Wildman–Crippen MR) is 80.0 cm³/mol. The number of nitrogen functional groups attached to an aromatic ring is 1. The molecule has 5 nitrogen and oxygen atoms in total. The van der Waals surface area contributed by atoms with Gasteiger partial charge in [0.05, 0.1) is 11.0 Å². The number of halogens is 1. The van der Waals surface area contributed by atoms with Gasteiger partial charge in [-0.3, -0.25) is 0 Å². The number of aliphatic hydroxyl groups excluding tert-OH is 1. The molecular weight excluding hydrogens is 315 g/mol. The molecular formula is C13H15FN2O3S2. The maximum Gasteiger partial charge on any atom is 0.240 e. The molecule has 1 unspecified atom stereocenters. The van der Waals surface area contributed by atoms with Gasteiger partial charge in [0.2, 0.25) is 10.0 Å². The van der Waals surface area contributed by atoms with Gasteiger partial charge in [0.15, 0.2) is 0 Å². The van der Waals surface area contributed by atoms with Crippen LogP contribution >= 0.6 is 11.3 Å². The average molecular weight is 330 g/mol. The second-order valence-electron chi connectivity index (χ2n) is 4.54. The molecule has 0 aliphatic rings. The van der Waals surface area contributed by atoms with Crippen molar-refractivity contribution >= 4 is 27.0 Å². The van der Waals surface area contributed by atoms with E-state index >= 15 is 0 Å². The Morgan fingerprint density at radius 1 is 1.48 bits per heavy atom. The summed E-state index contributed by atoms with van der Waals surface area (Å²) in [5, 5.41) is 13.4. The van der Waals surface area contributed by atoms with Crippen LogP contribution in [-0.2, 0) is 10.0 Å². The minimum absolute atomic E-state index is 0.0637. The van der Waals surface area contributed by atoms with Gasteiger partial charge in [-0.05, 0) is 41.4 Å².